The van der Waals surface area contributed by atoms with Crippen LogP contribution in [-0.4, -0.2) is 26.4 Å². The van der Waals surface area contributed by atoms with E-state index >= 15 is 0 Å². The number of nitrogens with one attached hydrogen (secondary N) is 1. The van der Waals surface area contributed by atoms with E-state index < -0.39 is 0 Å². The van der Waals surface area contributed by atoms with Crippen molar-refractivity contribution in [2.45, 2.75) is 34.6 Å². The molecule has 28 heavy (non-hydrogen) atoms. The second kappa shape index (κ2) is 6.63. The van der Waals surface area contributed by atoms with Gasteiger partial charge in [0.15, 0.2) is 5.17 Å². The molecule has 0 bridgehead atoms. The van der Waals surface area contributed by atoms with Gasteiger partial charge in [-0.15, -0.1) is 0 Å². The Balaban J connectivity index is 1.80. The number of fused-ring (bicyclic) bond motifs is 1. The maximum atomic E-state index is 12.6. The highest BCUT2D eigenvalue weighted by Gasteiger charge is 2.34. The molecule has 0 unspecified atom stereocenters. The highest BCUT2D eigenvalue weighted by molar-refractivity contribution is 8.16. The topological polar surface area (TPSA) is 61.5 Å². The standard InChI is InChI=1S/C22H22N4OS/c1-12-6-7-19(13(2)8-12)25-14(3)9-17(16(25)5)10-18-20(23)26-15(4)11-28-22(26)24-21(18)27/h6-11,23H,1-5H3/b18-10+,23-20?. The lowest BCUT2D eigenvalue weighted by Gasteiger charge is -2.25. The third-order valence-corrected chi connectivity index (χ3v) is 6.09. The molecule has 4 rings (SSSR count). The Morgan fingerprint density at radius 2 is 1.86 bits per heavy atom. The van der Waals surface area contributed by atoms with Crippen LogP contribution in [0.25, 0.3) is 11.8 Å². The van der Waals surface area contributed by atoms with Crippen LogP contribution < -0.4 is 0 Å². The summed E-state index contributed by atoms with van der Waals surface area (Å²) in [5.41, 5.74) is 7.84. The van der Waals surface area contributed by atoms with Crippen LogP contribution >= 0.6 is 11.8 Å². The van der Waals surface area contributed by atoms with Gasteiger partial charge < -0.3 is 4.57 Å². The highest BCUT2D eigenvalue weighted by atomic mass is 32.2. The van der Waals surface area contributed by atoms with Crippen molar-refractivity contribution in [1.29, 1.82) is 5.41 Å². The Morgan fingerprint density at radius 3 is 2.57 bits per heavy atom. The van der Waals surface area contributed by atoms with Gasteiger partial charge in [0.25, 0.3) is 5.91 Å². The molecule has 0 fully saturated rings. The summed E-state index contributed by atoms with van der Waals surface area (Å²) in [6, 6.07) is 8.46. The number of nitrogens with zero attached hydrogens (tertiary/aromatic N) is 3. The van der Waals surface area contributed by atoms with Crippen molar-refractivity contribution in [1.82, 2.24) is 9.47 Å². The molecule has 2 aromatic rings. The Labute approximate surface area is 169 Å². The van der Waals surface area contributed by atoms with Gasteiger partial charge in [0.05, 0.1) is 5.57 Å². The first-order valence-electron chi connectivity index (χ1n) is 9.11. The summed E-state index contributed by atoms with van der Waals surface area (Å²) >= 11 is 1.38. The van der Waals surface area contributed by atoms with Gasteiger partial charge in [-0.3, -0.25) is 15.1 Å². The Bertz CT molecular complexity index is 1130. The molecule has 2 aliphatic rings. The number of hydrogen-bond donors (Lipinski definition) is 1. The van der Waals surface area contributed by atoms with Gasteiger partial charge in [-0.05, 0) is 69.4 Å². The molecule has 0 radical (unpaired) electrons. The predicted octanol–water partition coefficient (Wildman–Crippen LogP) is 4.88. The molecule has 142 valence electrons. The van der Waals surface area contributed by atoms with Crippen LogP contribution in [0.2, 0.25) is 0 Å². The zero-order valence-corrected chi connectivity index (χ0v) is 17.4. The van der Waals surface area contributed by atoms with E-state index in [0.717, 1.165) is 28.3 Å². The molecule has 1 amide bonds. The van der Waals surface area contributed by atoms with Gasteiger partial charge in [0.2, 0.25) is 0 Å². The van der Waals surface area contributed by atoms with Gasteiger partial charge in [0, 0.05) is 22.8 Å². The number of allylic oxidation sites excluding steroid dienone is 1. The SMILES string of the molecule is CC1=CSC2=NC(=O)/C(=C/c3cc(C)n(-c4ccc(C)cc4C)c3C)C(=N)N12. The van der Waals surface area contributed by atoms with Crippen molar-refractivity contribution in [3.63, 3.8) is 0 Å². The van der Waals surface area contributed by atoms with Crippen molar-refractivity contribution in [3.8, 4) is 5.69 Å². The predicted molar refractivity (Wildman–Crippen MR) is 116 cm³/mol. The van der Waals surface area contributed by atoms with E-state index in [9.17, 15) is 4.79 Å². The number of amides is 1. The fourth-order valence-corrected chi connectivity index (χ4v) is 4.62. The number of hydrogen-bond acceptors (Lipinski definition) is 3. The maximum Gasteiger partial charge on any atom is 0.283 e. The molecular weight excluding hydrogens is 368 g/mol. The fraction of sp³-hybridized carbons (Fsp3) is 0.227. The van der Waals surface area contributed by atoms with Gasteiger partial charge in [-0.1, -0.05) is 29.5 Å². The number of thioether (sulfide) groups is 1. The molecule has 3 heterocycles. The van der Waals surface area contributed by atoms with Crippen molar-refractivity contribution in [2.24, 2.45) is 4.99 Å². The number of aryl methyl sites for hydroxylation is 3. The number of carbonyl (C=O) groups excluding carboxylic acids is 1. The average Bonchev–Trinajstić information content (AvgIpc) is 3.12. The van der Waals surface area contributed by atoms with Gasteiger partial charge in [-0.2, -0.15) is 4.99 Å². The first-order chi connectivity index (χ1) is 13.3. The third kappa shape index (κ3) is 2.85. The van der Waals surface area contributed by atoms with Crippen LogP contribution in [0.5, 0.6) is 0 Å². The summed E-state index contributed by atoms with van der Waals surface area (Å²) in [5, 5.41) is 11.0. The summed E-state index contributed by atoms with van der Waals surface area (Å²) < 4.78 is 2.20. The molecule has 0 spiro atoms. The van der Waals surface area contributed by atoms with E-state index in [4.69, 9.17) is 5.41 Å². The molecular formula is C22H22N4OS. The Kier molecular flexibility index (Phi) is 4.38. The van der Waals surface area contributed by atoms with E-state index in [-0.39, 0.29) is 11.7 Å². The third-order valence-electron chi connectivity index (χ3n) is 5.15. The van der Waals surface area contributed by atoms with Gasteiger partial charge in [-0.25, -0.2) is 0 Å². The first-order valence-corrected chi connectivity index (χ1v) is 9.99. The minimum Gasteiger partial charge on any atom is -0.318 e. The summed E-state index contributed by atoms with van der Waals surface area (Å²) in [6.07, 6.45) is 1.80. The summed E-state index contributed by atoms with van der Waals surface area (Å²) in [6.45, 7) is 10.2. The van der Waals surface area contributed by atoms with Crippen LogP contribution in [0, 0.1) is 33.1 Å². The summed E-state index contributed by atoms with van der Waals surface area (Å²) in [4.78, 5) is 18.4. The molecule has 0 atom stereocenters. The smallest absolute Gasteiger partial charge is 0.283 e. The molecule has 5 nitrogen and oxygen atoms in total. The Hall–Kier alpha value is -2.86. The lowest BCUT2D eigenvalue weighted by Crippen LogP contribution is -2.37. The maximum absolute atomic E-state index is 12.6. The van der Waals surface area contributed by atoms with Gasteiger partial charge >= 0.3 is 0 Å². The van der Waals surface area contributed by atoms with Gasteiger partial charge in [0.1, 0.15) is 5.84 Å². The molecule has 6 heteroatoms. The molecule has 0 saturated heterocycles. The monoisotopic (exact) mass is 390 g/mol. The molecule has 1 N–H and O–H groups in total. The van der Waals surface area contributed by atoms with Crippen molar-refractivity contribution < 1.29 is 4.79 Å². The quantitative estimate of drug-likeness (QED) is 0.744. The number of rotatable bonds is 2. The van der Waals surface area contributed by atoms with E-state index in [1.165, 1.54) is 22.9 Å². The summed E-state index contributed by atoms with van der Waals surface area (Å²) in [7, 11) is 0. The van der Waals surface area contributed by atoms with Crippen LogP contribution in [0.1, 0.15) is 35.0 Å². The molecule has 0 aliphatic carbocycles. The highest BCUT2D eigenvalue weighted by Crippen LogP contribution is 2.33. The van der Waals surface area contributed by atoms with E-state index in [2.05, 4.69) is 54.6 Å². The van der Waals surface area contributed by atoms with E-state index in [1.807, 2.05) is 19.3 Å². The second-order valence-corrected chi connectivity index (χ2v) is 8.11. The second-order valence-electron chi connectivity index (χ2n) is 7.27. The zero-order valence-electron chi connectivity index (χ0n) is 16.6. The van der Waals surface area contributed by atoms with Crippen molar-refractivity contribution in [2.75, 3.05) is 0 Å². The van der Waals surface area contributed by atoms with Crippen LogP contribution in [0.3, 0.4) is 0 Å². The van der Waals surface area contributed by atoms with Crippen molar-refractivity contribution >= 4 is 34.7 Å². The first kappa shape index (κ1) is 18.5. The van der Waals surface area contributed by atoms with E-state index in [1.54, 1.807) is 11.0 Å². The number of amidine groups is 2. The normalized spacial score (nSPS) is 17.9. The number of aromatic nitrogens is 1. The minimum atomic E-state index is -0.358. The number of carbonyl (C=O) groups is 1. The van der Waals surface area contributed by atoms with E-state index in [0.29, 0.717) is 10.7 Å². The number of benzene rings is 1. The zero-order chi connectivity index (χ0) is 20.2. The molecule has 2 aliphatic heterocycles. The number of aliphatic imine (C=N–C) groups is 1. The molecule has 1 aromatic heterocycles. The fourth-order valence-electron chi connectivity index (χ4n) is 3.76. The summed E-state index contributed by atoms with van der Waals surface area (Å²) in [5.74, 6) is -0.173. The van der Waals surface area contributed by atoms with Crippen LogP contribution in [-0.2, 0) is 4.79 Å². The average molecular weight is 391 g/mol. The lowest BCUT2D eigenvalue weighted by atomic mass is 10.1. The lowest BCUT2D eigenvalue weighted by molar-refractivity contribution is -0.114. The van der Waals surface area contributed by atoms with Crippen LogP contribution in [0.15, 0.2) is 45.9 Å². The van der Waals surface area contributed by atoms with Crippen molar-refractivity contribution in [3.05, 3.63) is 69.0 Å². The molecule has 0 saturated carbocycles. The van der Waals surface area contributed by atoms with Crippen LogP contribution in [0.4, 0.5) is 0 Å². The minimum absolute atomic E-state index is 0.185. The Morgan fingerprint density at radius 1 is 1.11 bits per heavy atom. The largest absolute Gasteiger partial charge is 0.318 e. The molecule has 1 aromatic carbocycles.